The zero-order valence-corrected chi connectivity index (χ0v) is 8.73. The van der Waals surface area contributed by atoms with Crippen LogP contribution in [0.25, 0.3) is 0 Å². The smallest absolute Gasteiger partial charge is 0.411 e. The third kappa shape index (κ3) is 5.12. The standard InChI is InChI=1S/C10H11F2NO4/c11-9(12)17-8-3-1-7(2-4-8)13-10(15)16-6-5-14/h1-4,9,14H,5-6H2,(H,13,15). The first-order valence-corrected chi connectivity index (χ1v) is 4.71. The summed E-state index contributed by atoms with van der Waals surface area (Å²) in [6, 6.07) is 5.34. The highest BCUT2D eigenvalue weighted by Gasteiger charge is 2.05. The summed E-state index contributed by atoms with van der Waals surface area (Å²) < 4.78 is 32.3. The third-order valence-corrected chi connectivity index (χ3v) is 1.65. The number of anilines is 1. The molecule has 0 bridgehead atoms. The predicted molar refractivity (Wildman–Crippen MR) is 55.1 cm³/mol. The number of rotatable bonds is 5. The first-order valence-electron chi connectivity index (χ1n) is 4.71. The van der Waals surface area contributed by atoms with Gasteiger partial charge >= 0.3 is 12.7 Å². The topological polar surface area (TPSA) is 67.8 Å². The number of alkyl halides is 2. The Labute approximate surface area is 96.0 Å². The summed E-state index contributed by atoms with van der Waals surface area (Å²) in [6.45, 7) is -3.27. The molecule has 1 rings (SSSR count). The van der Waals surface area contributed by atoms with Gasteiger partial charge < -0.3 is 14.6 Å². The fourth-order valence-electron chi connectivity index (χ4n) is 1.01. The van der Waals surface area contributed by atoms with E-state index in [1.54, 1.807) is 0 Å². The van der Waals surface area contributed by atoms with Crippen LogP contribution in [0.3, 0.4) is 0 Å². The second kappa shape index (κ2) is 6.64. The van der Waals surface area contributed by atoms with Gasteiger partial charge in [0.1, 0.15) is 12.4 Å². The highest BCUT2D eigenvalue weighted by Crippen LogP contribution is 2.17. The molecule has 7 heteroatoms. The summed E-state index contributed by atoms with van der Waals surface area (Å²) in [4.78, 5) is 11.0. The number of amides is 1. The van der Waals surface area contributed by atoms with Crippen LogP contribution in [-0.4, -0.2) is 31.0 Å². The van der Waals surface area contributed by atoms with Gasteiger partial charge in [0, 0.05) is 5.69 Å². The largest absolute Gasteiger partial charge is 0.447 e. The molecular formula is C10H11F2NO4. The zero-order valence-electron chi connectivity index (χ0n) is 8.73. The second-order valence-corrected chi connectivity index (χ2v) is 2.89. The maximum atomic E-state index is 11.8. The number of hydrogen-bond acceptors (Lipinski definition) is 4. The Hall–Kier alpha value is -1.89. The van der Waals surface area contributed by atoms with Crippen molar-refractivity contribution >= 4 is 11.8 Å². The van der Waals surface area contributed by atoms with Crippen molar-refractivity contribution in [2.24, 2.45) is 0 Å². The normalized spacial score (nSPS) is 10.1. The summed E-state index contributed by atoms with van der Waals surface area (Å²) in [5.74, 6) is -0.00530. The maximum absolute atomic E-state index is 11.8. The monoisotopic (exact) mass is 247 g/mol. The molecule has 0 radical (unpaired) electrons. The van der Waals surface area contributed by atoms with E-state index in [2.05, 4.69) is 14.8 Å². The van der Waals surface area contributed by atoms with Gasteiger partial charge in [0.05, 0.1) is 6.61 Å². The molecule has 0 spiro atoms. The van der Waals surface area contributed by atoms with Crippen LogP contribution in [0, 0.1) is 0 Å². The van der Waals surface area contributed by atoms with E-state index in [1.165, 1.54) is 24.3 Å². The number of carbonyl (C=O) groups is 1. The Morgan fingerprint density at radius 2 is 2.00 bits per heavy atom. The Balaban J connectivity index is 2.47. The molecule has 0 aliphatic carbocycles. The molecule has 0 fully saturated rings. The summed E-state index contributed by atoms with van der Waals surface area (Å²) >= 11 is 0. The van der Waals surface area contributed by atoms with Gasteiger partial charge in [0.2, 0.25) is 0 Å². The van der Waals surface area contributed by atoms with Gasteiger partial charge in [-0.15, -0.1) is 0 Å². The van der Waals surface area contributed by atoms with Crippen molar-refractivity contribution in [3.8, 4) is 5.75 Å². The van der Waals surface area contributed by atoms with Gasteiger partial charge in [-0.25, -0.2) is 4.79 Å². The third-order valence-electron chi connectivity index (χ3n) is 1.65. The molecule has 2 N–H and O–H groups in total. The van der Waals surface area contributed by atoms with Crippen molar-refractivity contribution in [1.29, 1.82) is 0 Å². The number of ether oxygens (including phenoxy) is 2. The molecule has 0 unspecified atom stereocenters. The highest BCUT2D eigenvalue weighted by molar-refractivity contribution is 5.84. The van der Waals surface area contributed by atoms with E-state index in [9.17, 15) is 13.6 Å². The lowest BCUT2D eigenvalue weighted by Crippen LogP contribution is -2.15. The minimum Gasteiger partial charge on any atom is -0.447 e. The molecule has 0 saturated heterocycles. The molecule has 94 valence electrons. The Morgan fingerprint density at radius 1 is 1.35 bits per heavy atom. The quantitative estimate of drug-likeness (QED) is 0.832. The molecule has 0 saturated carbocycles. The van der Waals surface area contributed by atoms with Gasteiger partial charge in [0.25, 0.3) is 0 Å². The number of aliphatic hydroxyl groups excluding tert-OH is 1. The van der Waals surface area contributed by atoms with Crippen molar-refractivity contribution in [2.45, 2.75) is 6.61 Å². The molecule has 0 aromatic heterocycles. The van der Waals surface area contributed by atoms with Gasteiger partial charge in [-0.2, -0.15) is 8.78 Å². The lowest BCUT2D eigenvalue weighted by molar-refractivity contribution is -0.0498. The molecule has 1 amide bonds. The van der Waals surface area contributed by atoms with Gasteiger partial charge in [-0.05, 0) is 24.3 Å². The van der Waals surface area contributed by atoms with Crippen LogP contribution in [-0.2, 0) is 4.74 Å². The fourth-order valence-corrected chi connectivity index (χ4v) is 1.01. The average molecular weight is 247 g/mol. The van der Waals surface area contributed by atoms with Gasteiger partial charge in [-0.3, -0.25) is 5.32 Å². The molecule has 5 nitrogen and oxygen atoms in total. The predicted octanol–water partition coefficient (Wildman–Crippen LogP) is 1.83. The van der Waals surface area contributed by atoms with Gasteiger partial charge in [0.15, 0.2) is 0 Å². The van der Waals surface area contributed by atoms with Crippen LogP contribution in [0.1, 0.15) is 0 Å². The van der Waals surface area contributed by atoms with E-state index in [1.807, 2.05) is 0 Å². The number of nitrogens with one attached hydrogen (secondary N) is 1. The van der Waals surface area contributed by atoms with E-state index >= 15 is 0 Å². The van der Waals surface area contributed by atoms with Crippen LogP contribution in [0.5, 0.6) is 5.75 Å². The van der Waals surface area contributed by atoms with Crippen molar-refractivity contribution in [3.63, 3.8) is 0 Å². The van der Waals surface area contributed by atoms with E-state index < -0.39 is 12.7 Å². The number of benzene rings is 1. The Bertz CT molecular complexity index is 356. The Morgan fingerprint density at radius 3 is 2.53 bits per heavy atom. The van der Waals surface area contributed by atoms with Crippen molar-refractivity contribution in [3.05, 3.63) is 24.3 Å². The molecule has 17 heavy (non-hydrogen) atoms. The van der Waals surface area contributed by atoms with E-state index in [-0.39, 0.29) is 19.0 Å². The molecule has 0 heterocycles. The summed E-state index contributed by atoms with van der Waals surface area (Å²) in [5, 5.41) is 10.8. The van der Waals surface area contributed by atoms with Crippen LogP contribution in [0.2, 0.25) is 0 Å². The molecule has 1 aromatic carbocycles. The first-order chi connectivity index (χ1) is 8.11. The van der Waals surface area contributed by atoms with Crippen LogP contribution in [0.15, 0.2) is 24.3 Å². The van der Waals surface area contributed by atoms with Crippen molar-refractivity contribution in [2.75, 3.05) is 18.5 Å². The van der Waals surface area contributed by atoms with Crippen molar-refractivity contribution < 1.29 is 28.2 Å². The minimum atomic E-state index is -2.89. The van der Waals surface area contributed by atoms with E-state index in [0.29, 0.717) is 5.69 Å². The summed E-state index contributed by atoms with van der Waals surface area (Å²) in [5.41, 5.74) is 0.370. The Kier molecular flexibility index (Phi) is 5.15. The molecular weight excluding hydrogens is 236 g/mol. The second-order valence-electron chi connectivity index (χ2n) is 2.89. The summed E-state index contributed by atoms with van der Waals surface area (Å²) in [6.07, 6.45) is -0.735. The average Bonchev–Trinajstić information content (AvgIpc) is 2.28. The lowest BCUT2D eigenvalue weighted by Gasteiger charge is -2.07. The van der Waals surface area contributed by atoms with Crippen LogP contribution >= 0.6 is 0 Å². The van der Waals surface area contributed by atoms with Crippen LogP contribution < -0.4 is 10.1 Å². The number of hydrogen-bond donors (Lipinski definition) is 2. The number of carbonyl (C=O) groups excluding carboxylic acids is 1. The molecule has 0 aliphatic rings. The van der Waals surface area contributed by atoms with E-state index in [0.717, 1.165) is 0 Å². The molecule has 1 aromatic rings. The zero-order chi connectivity index (χ0) is 12.7. The minimum absolute atomic E-state index is 0.00530. The van der Waals surface area contributed by atoms with E-state index in [4.69, 9.17) is 5.11 Å². The molecule has 0 atom stereocenters. The number of halogens is 2. The van der Waals surface area contributed by atoms with Gasteiger partial charge in [-0.1, -0.05) is 0 Å². The fraction of sp³-hybridized carbons (Fsp3) is 0.300. The maximum Gasteiger partial charge on any atom is 0.411 e. The highest BCUT2D eigenvalue weighted by atomic mass is 19.3. The number of aliphatic hydroxyl groups is 1. The first kappa shape index (κ1) is 13.2. The van der Waals surface area contributed by atoms with Crippen LogP contribution in [0.4, 0.5) is 19.3 Å². The van der Waals surface area contributed by atoms with Crippen molar-refractivity contribution in [1.82, 2.24) is 0 Å². The SMILES string of the molecule is O=C(Nc1ccc(OC(F)F)cc1)OCCO. The summed E-state index contributed by atoms with van der Waals surface area (Å²) in [7, 11) is 0. The lowest BCUT2D eigenvalue weighted by atomic mass is 10.3. The molecule has 0 aliphatic heterocycles.